The number of rotatable bonds is 14. The van der Waals surface area contributed by atoms with Gasteiger partial charge in [0.1, 0.15) is 17.8 Å². The minimum absolute atomic E-state index is 0.0353. The lowest BCUT2D eigenvalue weighted by Crippen LogP contribution is -2.46. The Hall–Kier alpha value is -5.62. The number of nitrogens with one attached hydrogen (secondary N) is 1. The van der Waals surface area contributed by atoms with E-state index < -0.39 is 65.3 Å². The van der Waals surface area contributed by atoms with Crippen LogP contribution in [0, 0.1) is 0 Å². The van der Waals surface area contributed by atoms with Crippen LogP contribution in [0.4, 0.5) is 0 Å². The fourth-order valence-corrected chi connectivity index (χ4v) is 10.4. The Bertz CT molecular complexity index is 2970. The van der Waals surface area contributed by atoms with Gasteiger partial charge in [-0.05, 0) is 71.1 Å². The zero-order valence-electron chi connectivity index (χ0n) is 32.4. The van der Waals surface area contributed by atoms with Crippen LogP contribution in [0.25, 0.3) is 22.3 Å². The molecular weight excluding hydrogens is 886 g/mol. The van der Waals surface area contributed by atoms with Gasteiger partial charge in [0.2, 0.25) is 0 Å². The highest BCUT2D eigenvalue weighted by Crippen LogP contribution is 2.30. The SMILES string of the molecule is CS(=O)(=O)c1ccccc1-c1ccc(C[C@H](NC(=O)c2cccn2S(=O)(=O)c2cc(Cl)cc(Cl)c2)C(=O)OC(=O)[C@@H](N)Cc2ccc(-c3ccccc3S(C)(=O)=O)cc2)cc1. The molecule has 1 heterocycles. The molecule has 0 saturated heterocycles. The third-order valence-electron chi connectivity index (χ3n) is 9.43. The summed E-state index contributed by atoms with van der Waals surface area (Å²) in [6.45, 7) is 0. The summed E-state index contributed by atoms with van der Waals surface area (Å²) >= 11 is 12.1. The maximum Gasteiger partial charge on any atom is 0.336 e. The average molecular weight is 923 g/mol. The lowest BCUT2D eigenvalue weighted by molar-refractivity contribution is -0.162. The van der Waals surface area contributed by atoms with Crippen molar-refractivity contribution < 1.29 is 44.4 Å². The molecule has 5 aromatic carbocycles. The van der Waals surface area contributed by atoms with Crippen molar-refractivity contribution in [2.75, 3.05) is 12.5 Å². The second-order valence-corrected chi connectivity index (χ2v) is 20.7. The lowest BCUT2D eigenvalue weighted by Gasteiger charge is -2.19. The molecule has 18 heteroatoms. The van der Waals surface area contributed by atoms with E-state index in [0.29, 0.717) is 37.4 Å². The predicted molar refractivity (Wildman–Crippen MR) is 231 cm³/mol. The average Bonchev–Trinajstić information content (AvgIpc) is 3.72. The lowest BCUT2D eigenvalue weighted by atomic mass is 10.00. The second kappa shape index (κ2) is 18.2. The normalized spacial score (nSPS) is 12.9. The van der Waals surface area contributed by atoms with E-state index in [0.717, 1.165) is 30.8 Å². The van der Waals surface area contributed by atoms with Crippen LogP contribution in [0.1, 0.15) is 21.6 Å². The molecule has 0 spiro atoms. The van der Waals surface area contributed by atoms with Crippen molar-refractivity contribution in [1.29, 1.82) is 0 Å². The van der Waals surface area contributed by atoms with Gasteiger partial charge in [0.15, 0.2) is 19.7 Å². The van der Waals surface area contributed by atoms with Crippen molar-refractivity contribution in [3.63, 3.8) is 0 Å². The number of halogens is 2. The molecule has 0 aliphatic rings. The molecule has 1 aromatic heterocycles. The van der Waals surface area contributed by atoms with Gasteiger partial charge in [0.25, 0.3) is 15.9 Å². The highest BCUT2D eigenvalue weighted by atomic mass is 35.5. The summed E-state index contributed by atoms with van der Waals surface area (Å²) in [6, 6.07) is 29.3. The molecule has 0 aliphatic heterocycles. The van der Waals surface area contributed by atoms with E-state index in [-0.39, 0.29) is 37.6 Å². The highest BCUT2D eigenvalue weighted by Gasteiger charge is 2.31. The van der Waals surface area contributed by atoms with E-state index in [2.05, 4.69) is 5.32 Å². The van der Waals surface area contributed by atoms with Crippen molar-refractivity contribution >= 4 is 70.7 Å². The number of amides is 1. The van der Waals surface area contributed by atoms with Gasteiger partial charge in [-0.25, -0.2) is 38.8 Å². The predicted octanol–water partition coefficient (Wildman–Crippen LogP) is 6.15. The first kappa shape index (κ1) is 44.9. The van der Waals surface area contributed by atoms with Crippen LogP contribution in [0.15, 0.2) is 148 Å². The quantitative estimate of drug-likeness (QED) is 0.0936. The van der Waals surface area contributed by atoms with Gasteiger partial charge in [0.05, 0.1) is 14.7 Å². The summed E-state index contributed by atoms with van der Waals surface area (Å²) in [7, 11) is -11.5. The number of nitrogens with zero attached hydrogens (tertiary/aromatic N) is 1. The number of esters is 2. The van der Waals surface area contributed by atoms with E-state index in [1.165, 1.54) is 30.3 Å². The van der Waals surface area contributed by atoms with Crippen LogP contribution in [-0.4, -0.2) is 71.7 Å². The maximum absolute atomic E-state index is 13.8. The van der Waals surface area contributed by atoms with Crippen molar-refractivity contribution in [3.8, 4) is 22.3 Å². The van der Waals surface area contributed by atoms with E-state index in [4.69, 9.17) is 33.7 Å². The number of nitrogens with two attached hydrogens (primary N) is 1. The Morgan fingerprint density at radius 2 is 1.11 bits per heavy atom. The standard InChI is InChI=1S/C43H37Cl2N3O10S3/c1-59(52,53)39-11-5-3-8-34(39)29-17-13-27(14-18-29)22-36(46)42(50)58-43(51)37(23-28-15-19-30(20-16-28)35-9-4-6-12-40(35)60(2,54)55)47-41(49)38-10-7-21-48(38)61(56,57)33-25-31(44)24-32(45)26-33/h3-21,24-26,36-37H,22-23,46H2,1-2H3,(H,47,49)/t36-,37-/m0/s1. The number of hydrogen-bond acceptors (Lipinski definition) is 11. The van der Waals surface area contributed by atoms with Gasteiger partial charge in [0, 0.05) is 46.3 Å². The third-order valence-corrected chi connectivity index (χ3v) is 13.8. The molecule has 13 nitrogen and oxygen atoms in total. The summed E-state index contributed by atoms with van der Waals surface area (Å²) in [6.07, 6.45) is 3.00. The molecule has 1 amide bonds. The minimum Gasteiger partial charge on any atom is -0.390 e. The number of aromatic nitrogens is 1. The van der Waals surface area contributed by atoms with Gasteiger partial charge in [-0.2, -0.15) is 0 Å². The van der Waals surface area contributed by atoms with E-state index in [9.17, 15) is 39.6 Å². The second-order valence-electron chi connectivity index (χ2n) is 14.0. The Balaban J connectivity index is 1.24. The largest absolute Gasteiger partial charge is 0.390 e. The summed E-state index contributed by atoms with van der Waals surface area (Å²) < 4.78 is 82.8. The van der Waals surface area contributed by atoms with Crippen molar-refractivity contribution in [1.82, 2.24) is 9.29 Å². The van der Waals surface area contributed by atoms with E-state index >= 15 is 0 Å². The zero-order chi connectivity index (χ0) is 44.3. The Labute approximate surface area is 363 Å². The molecule has 0 fully saturated rings. The van der Waals surface area contributed by atoms with Crippen molar-refractivity contribution in [3.05, 3.63) is 160 Å². The van der Waals surface area contributed by atoms with Gasteiger partial charge < -0.3 is 15.8 Å². The summed E-state index contributed by atoms with van der Waals surface area (Å²) in [4.78, 5) is 40.8. The van der Waals surface area contributed by atoms with Crippen LogP contribution in [-0.2, 0) is 56.9 Å². The van der Waals surface area contributed by atoms with E-state index in [1.54, 1.807) is 84.9 Å². The first-order valence-electron chi connectivity index (χ1n) is 18.2. The van der Waals surface area contributed by atoms with Gasteiger partial charge in [-0.15, -0.1) is 0 Å². The molecule has 316 valence electrons. The fraction of sp³-hybridized carbons (Fsp3) is 0.140. The number of benzene rings is 5. The molecule has 61 heavy (non-hydrogen) atoms. The van der Waals surface area contributed by atoms with Crippen LogP contribution in [0.5, 0.6) is 0 Å². The van der Waals surface area contributed by atoms with Gasteiger partial charge in [-0.1, -0.05) is 108 Å². The Morgan fingerprint density at radius 3 is 1.61 bits per heavy atom. The number of ether oxygens (including phenoxy) is 1. The van der Waals surface area contributed by atoms with Crippen LogP contribution in [0.3, 0.4) is 0 Å². The molecule has 0 unspecified atom stereocenters. The smallest absolute Gasteiger partial charge is 0.336 e. The molecule has 2 atom stereocenters. The topological polar surface area (TPSA) is 206 Å². The summed E-state index contributed by atoms with van der Waals surface area (Å²) in [5.74, 6) is -3.33. The number of sulfone groups is 2. The monoisotopic (exact) mass is 921 g/mol. The molecular formula is C43H37Cl2N3O10S3. The molecule has 0 radical (unpaired) electrons. The summed E-state index contributed by atoms with van der Waals surface area (Å²) in [5.41, 5.74) is 8.91. The highest BCUT2D eigenvalue weighted by molar-refractivity contribution is 7.91. The Morgan fingerprint density at radius 1 is 0.639 bits per heavy atom. The Kier molecular flexibility index (Phi) is 13.4. The van der Waals surface area contributed by atoms with Crippen molar-refractivity contribution in [2.45, 2.75) is 39.6 Å². The van der Waals surface area contributed by atoms with E-state index in [1.807, 2.05) is 0 Å². The first-order chi connectivity index (χ1) is 28.7. The molecule has 0 saturated carbocycles. The number of carbonyl (C=O) groups is 3. The summed E-state index contributed by atoms with van der Waals surface area (Å²) in [5, 5.41) is 2.57. The molecule has 6 rings (SSSR count). The molecule has 3 N–H and O–H groups in total. The van der Waals surface area contributed by atoms with Crippen molar-refractivity contribution in [2.24, 2.45) is 5.73 Å². The zero-order valence-corrected chi connectivity index (χ0v) is 36.3. The van der Waals surface area contributed by atoms with Crippen LogP contribution < -0.4 is 11.1 Å². The van der Waals surface area contributed by atoms with Crippen LogP contribution >= 0.6 is 23.2 Å². The maximum atomic E-state index is 13.8. The van der Waals surface area contributed by atoms with Gasteiger partial charge >= 0.3 is 11.9 Å². The minimum atomic E-state index is -4.43. The fourth-order valence-electron chi connectivity index (χ4n) is 6.48. The van der Waals surface area contributed by atoms with Crippen LogP contribution in [0.2, 0.25) is 10.0 Å². The third kappa shape index (κ3) is 10.6. The number of carbonyl (C=O) groups excluding carboxylic acids is 3. The molecule has 0 bridgehead atoms. The molecule has 6 aromatic rings. The molecule has 0 aliphatic carbocycles. The first-order valence-corrected chi connectivity index (χ1v) is 24.2. The van der Waals surface area contributed by atoms with Gasteiger partial charge in [-0.3, -0.25) is 4.79 Å². The number of hydrogen-bond donors (Lipinski definition) is 2.